The molecule has 4 rings (SSSR count). The predicted octanol–water partition coefficient (Wildman–Crippen LogP) is 8.17. The topological polar surface area (TPSA) is 212 Å². The van der Waals surface area contributed by atoms with Gasteiger partial charge in [0.15, 0.2) is 0 Å². The number of carbonyl (C=O) groups is 2. The Morgan fingerprint density at radius 1 is 0.867 bits per heavy atom. The van der Waals surface area contributed by atoms with Gasteiger partial charge in [0.05, 0.1) is 34.4 Å². The van der Waals surface area contributed by atoms with Gasteiger partial charge < -0.3 is 25.6 Å². The van der Waals surface area contributed by atoms with Gasteiger partial charge in [-0.1, -0.05) is 11.6 Å². The summed E-state index contributed by atoms with van der Waals surface area (Å²) in [7, 11) is -4.60. The number of amides is 2. The highest BCUT2D eigenvalue weighted by atomic mass is 35.5. The Morgan fingerprint density at radius 3 is 2.16 bits per heavy atom. The summed E-state index contributed by atoms with van der Waals surface area (Å²) in [5.74, 6) is -1.20. The number of phenols is 1. The molecular formula is C29H25ClN6O8S. The van der Waals surface area contributed by atoms with Gasteiger partial charge in [-0.25, -0.2) is 9.59 Å². The summed E-state index contributed by atoms with van der Waals surface area (Å²) in [5.41, 5.74) is 1.97. The number of hydrogen-bond donors (Lipinski definition) is 5. The van der Waals surface area contributed by atoms with E-state index in [9.17, 15) is 27.7 Å². The maximum Gasteiger partial charge on any atom is 0.339 e. The number of carbonyl (C=O) groups excluding carboxylic acids is 1. The van der Waals surface area contributed by atoms with Gasteiger partial charge in [0.25, 0.3) is 10.1 Å². The van der Waals surface area contributed by atoms with Crippen LogP contribution in [-0.2, 0) is 10.1 Å². The van der Waals surface area contributed by atoms with Crippen LogP contribution in [0, 0.1) is 6.92 Å². The van der Waals surface area contributed by atoms with E-state index in [0.29, 0.717) is 29.3 Å². The lowest BCUT2D eigenvalue weighted by atomic mass is 10.1. The van der Waals surface area contributed by atoms with E-state index >= 15 is 0 Å². The van der Waals surface area contributed by atoms with Crippen molar-refractivity contribution in [2.75, 3.05) is 17.2 Å². The minimum atomic E-state index is -4.60. The van der Waals surface area contributed by atoms with Crippen molar-refractivity contribution in [1.82, 2.24) is 0 Å². The predicted molar refractivity (Wildman–Crippen MR) is 166 cm³/mol. The molecule has 0 heterocycles. The molecule has 5 N–H and O–H groups in total. The first-order chi connectivity index (χ1) is 21.3. The Hall–Kier alpha value is -5.38. The SMILES string of the molecule is CCOc1cc(N=Nc2ccc(Cl)c(S(=O)(=O)O)c2)c(NC(=O)Nc2ccc(N=Nc3ccc(O)c(C(=O)O)c3)cc2)cc1C. The van der Waals surface area contributed by atoms with Crippen LogP contribution < -0.4 is 15.4 Å². The van der Waals surface area contributed by atoms with Crippen molar-refractivity contribution >= 4 is 67.8 Å². The van der Waals surface area contributed by atoms with Gasteiger partial charge in [0, 0.05) is 11.8 Å². The van der Waals surface area contributed by atoms with E-state index in [0.717, 1.165) is 6.07 Å². The summed E-state index contributed by atoms with van der Waals surface area (Å²) in [6, 6.07) is 16.4. The maximum atomic E-state index is 12.9. The third-order valence-corrected chi connectivity index (χ3v) is 7.26. The number of benzene rings is 4. The molecule has 0 atom stereocenters. The molecule has 0 aliphatic rings. The van der Waals surface area contributed by atoms with Gasteiger partial charge in [-0.15, -0.1) is 5.11 Å². The highest BCUT2D eigenvalue weighted by Gasteiger charge is 2.16. The smallest absolute Gasteiger partial charge is 0.339 e. The Bertz CT molecular complexity index is 1930. The Labute approximate surface area is 261 Å². The van der Waals surface area contributed by atoms with Crippen LogP contribution in [0.2, 0.25) is 5.02 Å². The van der Waals surface area contributed by atoms with Crippen molar-refractivity contribution in [3.63, 3.8) is 0 Å². The summed E-state index contributed by atoms with van der Waals surface area (Å²) >= 11 is 5.87. The zero-order valence-electron chi connectivity index (χ0n) is 23.6. The fourth-order valence-electron chi connectivity index (χ4n) is 3.80. The molecular weight excluding hydrogens is 628 g/mol. The van der Waals surface area contributed by atoms with E-state index < -0.39 is 27.0 Å². The first-order valence-corrected chi connectivity index (χ1v) is 14.8. The van der Waals surface area contributed by atoms with Crippen molar-refractivity contribution in [2.24, 2.45) is 20.5 Å². The number of carboxylic acids is 1. The number of anilines is 2. The molecule has 0 unspecified atom stereocenters. The van der Waals surface area contributed by atoms with Gasteiger partial charge >= 0.3 is 12.0 Å². The summed E-state index contributed by atoms with van der Waals surface area (Å²) in [4.78, 5) is 23.5. The number of halogens is 1. The molecule has 0 aromatic heterocycles. The van der Waals surface area contributed by atoms with Gasteiger partial charge in [-0.05, 0) is 86.1 Å². The number of azo groups is 2. The summed E-state index contributed by atoms with van der Waals surface area (Å²) in [6.07, 6.45) is 0. The molecule has 0 fully saturated rings. The van der Waals surface area contributed by atoms with Gasteiger partial charge in [0.1, 0.15) is 27.6 Å². The Morgan fingerprint density at radius 2 is 1.49 bits per heavy atom. The molecule has 232 valence electrons. The molecule has 0 saturated heterocycles. The Balaban J connectivity index is 1.51. The lowest BCUT2D eigenvalue weighted by Crippen LogP contribution is -2.19. The third kappa shape index (κ3) is 8.60. The third-order valence-electron chi connectivity index (χ3n) is 5.92. The number of carboxylic acid groups (broad SMARTS) is 1. The fraction of sp³-hybridized carbons (Fsp3) is 0.103. The van der Waals surface area contributed by atoms with E-state index in [2.05, 4.69) is 31.1 Å². The van der Waals surface area contributed by atoms with E-state index in [1.165, 1.54) is 30.3 Å². The van der Waals surface area contributed by atoms with Crippen LogP contribution in [0.3, 0.4) is 0 Å². The van der Waals surface area contributed by atoms with E-state index in [-0.39, 0.29) is 39.1 Å². The van der Waals surface area contributed by atoms with E-state index in [1.54, 1.807) is 50.2 Å². The summed E-state index contributed by atoms with van der Waals surface area (Å²) in [5, 5.41) is 40.2. The molecule has 45 heavy (non-hydrogen) atoms. The number of aromatic hydroxyl groups is 1. The average Bonchev–Trinajstić information content (AvgIpc) is 2.98. The maximum absolute atomic E-state index is 12.9. The Kier molecular flexibility index (Phi) is 10.1. The molecule has 0 radical (unpaired) electrons. The summed E-state index contributed by atoms with van der Waals surface area (Å²) < 4.78 is 38.2. The van der Waals surface area contributed by atoms with Crippen LogP contribution >= 0.6 is 11.6 Å². The normalized spacial score (nSPS) is 11.6. The molecule has 0 spiro atoms. The van der Waals surface area contributed by atoms with Gasteiger partial charge in [-0.2, -0.15) is 23.8 Å². The van der Waals surface area contributed by atoms with Crippen molar-refractivity contribution in [1.29, 1.82) is 0 Å². The molecule has 0 bridgehead atoms. The molecule has 0 aliphatic heterocycles. The number of hydrogen-bond acceptors (Lipinski definition) is 10. The second-order valence-corrected chi connectivity index (χ2v) is 11.0. The molecule has 2 amide bonds. The quantitative estimate of drug-likeness (QED) is 0.0830. The van der Waals surface area contributed by atoms with Crippen LogP contribution in [0.5, 0.6) is 11.5 Å². The largest absolute Gasteiger partial charge is 0.507 e. The first-order valence-electron chi connectivity index (χ1n) is 13.0. The summed E-state index contributed by atoms with van der Waals surface area (Å²) in [6.45, 7) is 3.95. The molecule has 0 aliphatic carbocycles. The van der Waals surface area contributed by atoms with Crippen LogP contribution in [-0.4, -0.2) is 41.8 Å². The lowest BCUT2D eigenvalue weighted by Gasteiger charge is -2.13. The minimum absolute atomic E-state index is 0.0749. The average molecular weight is 653 g/mol. The van der Waals surface area contributed by atoms with Crippen molar-refractivity contribution < 1.29 is 37.5 Å². The lowest BCUT2D eigenvalue weighted by molar-refractivity contribution is 0.0693. The first kappa shape index (κ1) is 32.5. The van der Waals surface area contributed by atoms with Crippen molar-refractivity contribution in [3.8, 4) is 11.5 Å². The molecule has 16 heteroatoms. The number of rotatable bonds is 10. The van der Waals surface area contributed by atoms with Crippen molar-refractivity contribution in [2.45, 2.75) is 18.7 Å². The van der Waals surface area contributed by atoms with Crippen LogP contribution in [0.1, 0.15) is 22.8 Å². The molecule has 4 aromatic carbocycles. The number of ether oxygens (including phenoxy) is 1. The monoisotopic (exact) mass is 652 g/mol. The number of aromatic carboxylic acids is 1. The van der Waals surface area contributed by atoms with Gasteiger partial charge in [0.2, 0.25) is 0 Å². The standard InChI is InChI=1S/C29H25ClN6O8S/c1-3-44-26-15-24(36-35-20-8-10-22(30)27(14-20)45(41,42)43)23(12-16(26)2)32-29(40)31-17-4-6-18(7-5-17)33-34-19-9-11-25(37)21(13-19)28(38)39/h4-15,37H,3H2,1-2H3,(H,38,39)(H2,31,32,40)(H,41,42,43). The molecule has 4 aromatic rings. The second-order valence-electron chi connectivity index (χ2n) is 9.19. The highest BCUT2D eigenvalue weighted by Crippen LogP contribution is 2.35. The van der Waals surface area contributed by atoms with Crippen LogP contribution in [0.4, 0.5) is 38.9 Å². The number of nitrogens with zero attached hydrogens (tertiary/aromatic N) is 4. The molecule has 0 saturated carbocycles. The number of urea groups is 1. The van der Waals surface area contributed by atoms with E-state index in [4.69, 9.17) is 21.4 Å². The zero-order chi connectivity index (χ0) is 32.7. The minimum Gasteiger partial charge on any atom is -0.507 e. The fourth-order valence-corrected chi connectivity index (χ4v) is 4.80. The number of aryl methyl sites for hydroxylation is 1. The second kappa shape index (κ2) is 13.9. The van der Waals surface area contributed by atoms with Crippen molar-refractivity contribution in [3.05, 3.63) is 88.9 Å². The van der Waals surface area contributed by atoms with Gasteiger partial charge in [-0.3, -0.25) is 4.55 Å². The van der Waals surface area contributed by atoms with Crippen LogP contribution in [0.15, 0.2) is 98.1 Å². The zero-order valence-corrected chi connectivity index (χ0v) is 25.2. The molecule has 14 nitrogen and oxygen atoms in total. The van der Waals surface area contributed by atoms with E-state index in [1.807, 2.05) is 0 Å². The number of nitrogens with one attached hydrogen (secondary N) is 2. The highest BCUT2D eigenvalue weighted by molar-refractivity contribution is 7.86. The van der Waals surface area contributed by atoms with Crippen LogP contribution in [0.25, 0.3) is 0 Å².